The molecule has 0 aliphatic carbocycles. The molecule has 96 valence electrons. The summed E-state index contributed by atoms with van der Waals surface area (Å²) in [5.74, 6) is 0.267. The van der Waals surface area contributed by atoms with Crippen molar-refractivity contribution in [3.63, 3.8) is 0 Å². The minimum atomic E-state index is 0.267. The molecule has 0 saturated heterocycles. The van der Waals surface area contributed by atoms with Crippen LogP contribution in [0.25, 0.3) is 0 Å². The Balaban J connectivity index is 1.70. The lowest BCUT2D eigenvalue weighted by molar-refractivity contribution is 0.462. The number of phenolic OH excluding ortho intramolecular Hbond substituents is 1. The fourth-order valence-electron chi connectivity index (χ4n) is 1.64. The molecule has 18 heavy (non-hydrogen) atoms. The van der Waals surface area contributed by atoms with E-state index in [-0.39, 0.29) is 5.75 Å². The highest BCUT2D eigenvalue weighted by atomic mass is 35.5. The van der Waals surface area contributed by atoms with Crippen molar-refractivity contribution in [1.29, 1.82) is 0 Å². The lowest BCUT2D eigenvalue weighted by atomic mass is 10.2. The Bertz CT molecular complexity index is 487. The summed E-state index contributed by atoms with van der Waals surface area (Å²) < 4.78 is 1.79. The molecule has 0 unspecified atom stereocenters. The van der Waals surface area contributed by atoms with Gasteiger partial charge in [-0.05, 0) is 31.2 Å². The third-order valence-electron chi connectivity index (χ3n) is 2.57. The maximum atomic E-state index is 9.62. The molecule has 1 aromatic heterocycles. The van der Waals surface area contributed by atoms with Crippen molar-refractivity contribution >= 4 is 11.6 Å². The summed E-state index contributed by atoms with van der Waals surface area (Å²) in [5, 5.41) is 21.1. The van der Waals surface area contributed by atoms with Crippen LogP contribution >= 0.6 is 11.6 Å². The molecule has 2 rings (SSSR count). The summed E-state index contributed by atoms with van der Waals surface area (Å²) in [5.41, 5.74) is 0.809. The first-order valence-corrected chi connectivity index (χ1v) is 6.16. The van der Waals surface area contributed by atoms with E-state index in [0.717, 1.165) is 25.1 Å². The predicted molar refractivity (Wildman–Crippen MR) is 69.5 cm³/mol. The summed E-state index contributed by atoms with van der Waals surface area (Å²) in [4.78, 5) is 0. The Hall–Kier alpha value is -1.59. The molecule has 6 heteroatoms. The average Bonchev–Trinajstić information content (AvgIpc) is 2.86. The van der Waals surface area contributed by atoms with Crippen LogP contribution in [0.2, 0.25) is 5.02 Å². The van der Waals surface area contributed by atoms with Gasteiger partial charge in [0, 0.05) is 29.9 Å². The topological polar surface area (TPSA) is 63.0 Å². The number of halogens is 1. The number of nitrogens with zero attached hydrogens (tertiary/aromatic N) is 3. The zero-order valence-corrected chi connectivity index (χ0v) is 10.6. The molecule has 5 nitrogen and oxygen atoms in total. The Morgan fingerprint density at radius 3 is 3.06 bits per heavy atom. The molecule has 2 N–H and O–H groups in total. The molecular weight excluding hydrogens is 252 g/mol. The van der Waals surface area contributed by atoms with Gasteiger partial charge in [0.25, 0.3) is 0 Å². The molecule has 0 aliphatic rings. The molecule has 0 aliphatic heterocycles. The van der Waals surface area contributed by atoms with Crippen molar-refractivity contribution in [2.75, 3.05) is 6.54 Å². The van der Waals surface area contributed by atoms with Gasteiger partial charge in [0.05, 0.1) is 6.20 Å². The van der Waals surface area contributed by atoms with E-state index in [9.17, 15) is 5.11 Å². The summed E-state index contributed by atoms with van der Waals surface area (Å²) in [6, 6.07) is 5.04. The van der Waals surface area contributed by atoms with Gasteiger partial charge in [-0.3, -0.25) is 4.68 Å². The van der Waals surface area contributed by atoms with E-state index in [1.807, 2.05) is 6.20 Å². The lowest BCUT2D eigenvalue weighted by Gasteiger charge is -2.07. The molecule has 2 aromatic rings. The van der Waals surface area contributed by atoms with Gasteiger partial charge in [-0.2, -0.15) is 0 Å². The van der Waals surface area contributed by atoms with Crippen molar-refractivity contribution in [2.24, 2.45) is 0 Å². The Morgan fingerprint density at radius 2 is 2.28 bits per heavy atom. The predicted octanol–water partition coefficient (Wildman–Crippen LogP) is 1.82. The van der Waals surface area contributed by atoms with E-state index < -0.39 is 0 Å². The smallest absolute Gasteiger partial charge is 0.120 e. The zero-order chi connectivity index (χ0) is 12.8. The minimum absolute atomic E-state index is 0.267. The van der Waals surface area contributed by atoms with Gasteiger partial charge in [-0.25, -0.2) is 0 Å². The molecule has 0 spiro atoms. The lowest BCUT2D eigenvalue weighted by Crippen LogP contribution is -2.16. The second-order valence-electron chi connectivity index (χ2n) is 3.97. The first-order chi connectivity index (χ1) is 8.75. The number of rotatable bonds is 6. The number of hydrogen-bond acceptors (Lipinski definition) is 4. The van der Waals surface area contributed by atoms with Crippen LogP contribution in [-0.4, -0.2) is 26.6 Å². The Morgan fingerprint density at radius 1 is 1.39 bits per heavy atom. The maximum Gasteiger partial charge on any atom is 0.120 e. The maximum absolute atomic E-state index is 9.62. The van der Waals surface area contributed by atoms with Gasteiger partial charge in [0.15, 0.2) is 0 Å². The number of aromatic nitrogens is 3. The number of benzene rings is 1. The first kappa shape index (κ1) is 12.9. The summed E-state index contributed by atoms with van der Waals surface area (Å²) >= 11 is 5.87. The Labute approximate surface area is 110 Å². The highest BCUT2D eigenvalue weighted by Gasteiger charge is 2.01. The van der Waals surface area contributed by atoms with E-state index in [2.05, 4.69) is 15.6 Å². The first-order valence-electron chi connectivity index (χ1n) is 5.78. The summed E-state index contributed by atoms with van der Waals surface area (Å²) in [6.45, 7) is 2.27. The molecule has 0 amide bonds. The van der Waals surface area contributed by atoms with Crippen molar-refractivity contribution in [3.8, 4) is 5.75 Å². The fraction of sp³-hybridized carbons (Fsp3) is 0.333. The highest BCUT2D eigenvalue weighted by molar-refractivity contribution is 6.30. The highest BCUT2D eigenvalue weighted by Crippen LogP contribution is 2.20. The van der Waals surface area contributed by atoms with Crippen molar-refractivity contribution in [3.05, 3.63) is 41.2 Å². The fourth-order valence-corrected chi connectivity index (χ4v) is 1.83. The molecule has 0 fully saturated rings. The minimum Gasteiger partial charge on any atom is -0.508 e. The molecular formula is C12H15ClN4O. The number of hydrogen-bond donors (Lipinski definition) is 2. The van der Waals surface area contributed by atoms with Crippen LogP contribution < -0.4 is 5.32 Å². The largest absolute Gasteiger partial charge is 0.508 e. The van der Waals surface area contributed by atoms with Crippen LogP contribution in [-0.2, 0) is 13.1 Å². The number of aromatic hydroxyl groups is 1. The van der Waals surface area contributed by atoms with Crippen molar-refractivity contribution in [2.45, 2.75) is 19.5 Å². The van der Waals surface area contributed by atoms with Crippen LogP contribution in [0, 0.1) is 0 Å². The van der Waals surface area contributed by atoms with E-state index >= 15 is 0 Å². The molecule has 0 saturated carbocycles. The SMILES string of the molecule is Oc1ccc(Cl)cc1CNCCCn1ccnn1. The van der Waals surface area contributed by atoms with Crippen molar-refractivity contribution < 1.29 is 5.11 Å². The van der Waals surface area contributed by atoms with E-state index in [1.165, 1.54) is 0 Å². The number of phenols is 1. The third kappa shape index (κ3) is 3.72. The van der Waals surface area contributed by atoms with Gasteiger partial charge >= 0.3 is 0 Å². The second kappa shape index (κ2) is 6.37. The summed E-state index contributed by atoms with van der Waals surface area (Å²) in [7, 11) is 0. The number of nitrogens with one attached hydrogen (secondary N) is 1. The molecule has 1 aromatic carbocycles. The third-order valence-corrected chi connectivity index (χ3v) is 2.80. The van der Waals surface area contributed by atoms with E-state index in [4.69, 9.17) is 11.6 Å². The normalized spacial score (nSPS) is 10.7. The monoisotopic (exact) mass is 266 g/mol. The van der Waals surface area contributed by atoms with Gasteiger partial charge in [-0.1, -0.05) is 16.8 Å². The zero-order valence-electron chi connectivity index (χ0n) is 9.88. The van der Waals surface area contributed by atoms with Gasteiger partial charge in [0.1, 0.15) is 5.75 Å². The Kier molecular flexibility index (Phi) is 4.55. The standard InChI is InChI=1S/C12H15ClN4O/c13-11-2-3-12(18)10(8-11)9-14-4-1-6-17-7-5-15-16-17/h2-3,5,7-8,14,18H,1,4,6,9H2. The molecule has 0 bridgehead atoms. The van der Waals surface area contributed by atoms with Gasteiger partial charge in [0.2, 0.25) is 0 Å². The van der Waals surface area contributed by atoms with Crippen LogP contribution in [0.15, 0.2) is 30.6 Å². The van der Waals surface area contributed by atoms with Crippen LogP contribution in [0.5, 0.6) is 5.75 Å². The van der Waals surface area contributed by atoms with Crippen LogP contribution in [0.3, 0.4) is 0 Å². The van der Waals surface area contributed by atoms with Gasteiger partial charge in [-0.15, -0.1) is 5.10 Å². The average molecular weight is 267 g/mol. The van der Waals surface area contributed by atoms with E-state index in [0.29, 0.717) is 11.6 Å². The molecule has 0 atom stereocenters. The number of aryl methyl sites for hydroxylation is 1. The van der Waals surface area contributed by atoms with Crippen LogP contribution in [0.1, 0.15) is 12.0 Å². The van der Waals surface area contributed by atoms with Crippen LogP contribution in [0.4, 0.5) is 0 Å². The van der Waals surface area contributed by atoms with Gasteiger partial charge < -0.3 is 10.4 Å². The summed E-state index contributed by atoms with van der Waals surface area (Å²) in [6.07, 6.45) is 4.45. The van der Waals surface area contributed by atoms with Crippen molar-refractivity contribution in [1.82, 2.24) is 20.3 Å². The molecule has 1 heterocycles. The molecule has 0 radical (unpaired) electrons. The second-order valence-corrected chi connectivity index (χ2v) is 4.41. The van der Waals surface area contributed by atoms with E-state index in [1.54, 1.807) is 29.1 Å². The quantitative estimate of drug-likeness (QED) is 0.783.